The highest BCUT2D eigenvalue weighted by molar-refractivity contribution is 5.69. The molecule has 1 N–H and O–H groups in total. The van der Waals surface area contributed by atoms with Gasteiger partial charge in [0.15, 0.2) is 0 Å². The van der Waals surface area contributed by atoms with Crippen LogP contribution in [0.25, 0.3) is 11.1 Å². The van der Waals surface area contributed by atoms with Crippen molar-refractivity contribution in [1.29, 1.82) is 0 Å². The molecule has 0 saturated heterocycles. The van der Waals surface area contributed by atoms with Gasteiger partial charge in [-0.05, 0) is 53.8 Å². The van der Waals surface area contributed by atoms with Gasteiger partial charge < -0.3 is 10.1 Å². The minimum atomic E-state index is 0.510. The maximum atomic E-state index is 5.38. The van der Waals surface area contributed by atoms with Crippen molar-refractivity contribution < 1.29 is 4.74 Å². The average Bonchev–Trinajstić information content (AvgIpc) is 2.47. The third-order valence-electron chi connectivity index (χ3n) is 3.72. The van der Waals surface area contributed by atoms with Crippen LogP contribution in [-0.2, 0) is 6.54 Å². The second kappa shape index (κ2) is 6.77. The molecule has 2 aromatic carbocycles. The van der Waals surface area contributed by atoms with Crippen molar-refractivity contribution in [2.45, 2.75) is 40.3 Å². The van der Waals surface area contributed by atoms with E-state index < -0.39 is 0 Å². The van der Waals surface area contributed by atoms with E-state index in [0.29, 0.717) is 6.04 Å². The fraction of sp³-hybridized carbons (Fsp3) is 0.368. The Kier molecular flexibility index (Phi) is 5.03. The first-order chi connectivity index (χ1) is 10.0. The van der Waals surface area contributed by atoms with E-state index in [1.54, 1.807) is 7.11 Å². The Morgan fingerprint density at radius 1 is 1.00 bits per heavy atom. The van der Waals surface area contributed by atoms with Crippen molar-refractivity contribution >= 4 is 0 Å². The van der Waals surface area contributed by atoms with Crippen molar-refractivity contribution in [1.82, 2.24) is 5.32 Å². The van der Waals surface area contributed by atoms with Gasteiger partial charge in [0.05, 0.1) is 7.11 Å². The summed E-state index contributed by atoms with van der Waals surface area (Å²) < 4.78 is 5.38. The first-order valence-corrected chi connectivity index (χ1v) is 7.49. The number of hydrogen-bond acceptors (Lipinski definition) is 2. The molecule has 0 atom stereocenters. The van der Waals surface area contributed by atoms with E-state index in [9.17, 15) is 0 Å². The van der Waals surface area contributed by atoms with Crippen LogP contribution in [0.2, 0.25) is 0 Å². The van der Waals surface area contributed by atoms with Gasteiger partial charge in [0.25, 0.3) is 0 Å². The number of nitrogens with one attached hydrogen (secondary N) is 1. The zero-order valence-corrected chi connectivity index (χ0v) is 13.7. The molecule has 2 aromatic rings. The van der Waals surface area contributed by atoms with Gasteiger partial charge in [0.2, 0.25) is 0 Å². The third kappa shape index (κ3) is 3.85. The van der Waals surface area contributed by atoms with E-state index in [1.807, 2.05) is 0 Å². The Balaban J connectivity index is 2.24. The number of methoxy groups -OCH3 is 1. The van der Waals surface area contributed by atoms with E-state index >= 15 is 0 Å². The molecule has 0 aliphatic rings. The Morgan fingerprint density at radius 3 is 2.24 bits per heavy atom. The summed E-state index contributed by atoms with van der Waals surface area (Å²) in [6.45, 7) is 9.46. The minimum absolute atomic E-state index is 0.510. The van der Waals surface area contributed by atoms with E-state index in [4.69, 9.17) is 4.74 Å². The third-order valence-corrected chi connectivity index (χ3v) is 3.72. The molecule has 2 rings (SSSR count). The summed E-state index contributed by atoms with van der Waals surface area (Å²) in [7, 11) is 1.72. The van der Waals surface area contributed by atoms with Crippen LogP contribution in [0.1, 0.15) is 30.5 Å². The van der Waals surface area contributed by atoms with Crippen LogP contribution in [0.15, 0.2) is 36.4 Å². The maximum Gasteiger partial charge on any atom is 0.122 e. The second-order valence-corrected chi connectivity index (χ2v) is 5.87. The number of rotatable bonds is 5. The quantitative estimate of drug-likeness (QED) is 0.873. The second-order valence-electron chi connectivity index (χ2n) is 5.87. The maximum absolute atomic E-state index is 5.38. The Labute approximate surface area is 128 Å². The van der Waals surface area contributed by atoms with Crippen LogP contribution in [0.3, 0.4) is 0 Å². The van der Waals surface area contributed by atoms with Crippen molar-refractivity contribution in [3.8, 4) is 16.9 Å². The normalized spacial score (nSPS) is 11.0. The Hall–Kier alpha value is -1.80. The summed E-state index contributed by atoms with van der Waals surface area (Å²) in [5.74, 6) is 0.953. The van der Waals surface area contributed by atoms with Gasteiger partial charge in [0.1, 0.15) is 5.75 Å². The largest absolute Gasteiger partial charge is 0.496 e. The molecule has 0 amide bonds. The van der Waals surface area contributed by atoms with Gasteiger partial charge in [0, 0.05) is 12.6 Å². The summed E-state index contributed by atoms with van der Waals surface area (Å²) in [5, 5.41) is 3.44. The van der Waals surface area contributed by atoms with Gasteiger partial charge in [-0.2, -0.15) is 0 Å². The van der Waals surface area contributed by atoms with Crippen molar-refractivity contribution in [2.75, 3.05) is 7.11 Å². The van der Waals surface area contributed by atoms with Gasteiger partial charge in [-0.1, -0.05) is 38.1 Å². The first kappa shape index (κ1) is 15.6. The number of hydrogen-bond donors (Lipinski definition) is 1. The zero-order chi connectivity index (χ0) is 15.4. The number of aryl methyl sites for hydroxylation is 2. The highest BCUT2D eigenvalue weighted by Crippen LogP contribution is 2.30. The molecule has 112 valence electrons. The van der Waals surface area contributed by atoms with Gasteiger partial charge >= 0.3 is 0 Å². The average molecular weight is 283 g/mol. The molecule has 0 aromatic heterocycles. The smallest absolute Gasteiger partial charge is 0.122 e. The first-order valence-electron chi connectivity index (χ1n) is 7.49. The molecular formula is C19H25NO. The van der Waals surface area contributed by atoms with Crippen molar-refractivity contribution in [2.24, 2.45) is 0 Å². The van der Waals surface area contributed by atoms with Crippen LogP contribution < -0.4 is 10.1 Å². The lowest BCUT2D eigenvalue weighted by molar-refractivity contribution is 0.411. The molecule has 0 aliphatic carbocycles. The Morgan fingerprint density at radius 2 is 1.67 bits per heavy atom. The molecule has 0 heterocycles. The Bertz CT molecular complexity index is 600. The highest BCUT2D eigenvalue weighted by atomic mass is 16.5. The van der Waals surface area contributed by atoms with Crippen LogP contribution >= 0.6 is 0 Å². The molecule has 0 aliphatic heterocycles. The van der Waals surface area contributed by atoms with Crippen molar-refractivity contribution in [3.05, 3.63) is 53.1 Å². The molecule has 2 heteroatoms. The topological polar surface area (TPSA) is 21.3 Å². The molecule has 0 spiro atoms. The van der Waals surface area contributed by atoms with Crippen LogP contribution in [0.5, 0.6) is 5.75 Å². The highest BCUT2D eigenvalue weighted by Gasteiger charge is 2.07. The summed E-state index contributed by atoms with van der Waals surface area (Å²) in [5.41, 5.74) is 6.26. The predicted molar refractivity (Wildman–Crippen MR) is 89.9 cm³/mol. The van der Waals surface area contributed by atoms with E-state index in [0.717, 1.165) is 12.3 Å². The fourth-order valence-electron chi connectivity index (χ4n) is 2.44. The zero-order valence-electron chi connectivity index (χ0n) is 13.7. The number of ether oxygens (including phenoxy) is 1. The molecular weight excluding hydrogens is 258 g/mol. The lowest BCUT2D eigenvalue weighted by Crippen LogP contribution is -2.21. The lowest BCUT2D eigenvalue weighted by Gasteiger charge is -2.13. The van der Waals surface area contributed by atoms with Crippen LogP contribution in [-0.4, -0.2) is 13.2 Å². The fourth-order valence-corrected chi connectivity index (χ4v) is 2.44. The van der Waals surface area contributed by atoms with Crippen LogP contribution in [0.4, 0.5) is 0 Å². The lowest BCUT2D eigenvalue weighted by atomic mass is 9.97. The van der Waals surface area contributed by atoms with Gasteiger partial charge in [-0.25, -0.2) is 0 Å². The monoisotopic (exact) mass is 283 g/mol. The van der Waals surface area contributed by atoms with Crippen LogP contribution in [0, 0.1) is 13.8 Å². The van der Waals surface area contributed by atoms with Gasteiger partial charge in [-0.15, -0.1) is 0 Å². The molecule has 0 fully saturated rings. The summed E-state index contributed by atoms with van der Waals surface area (Å²) >= 11 is 0. The van der Waals surface area contributed by atoms with E-state index in [1.165, 1.54) is 27.8 Å². The molecule has 2 nitrogen and oxygen atoms in total. The molecule has 0 unspecified atom stereocenters. The van der Waals surface area contributed by atoms with E-state index in [2.05, 4.69) is 69.4 Å². The van der Waals surface area contributed by atoms with Crippen molar-refractivity contribution in [3.63, 3.8) is 0 Å². The predicted octanol–water partition coefficient (Wildman–Crippen LogP) is 4.48. The van der Waals surface area contributed by atoms with E-state index in [-0.39, 0.29) is 0 Å². The molecule has 0 radical (unpaired) electrons. The SMILES string of the molecule is COc1cc(C)c(-c2ccc(CNC(C)C)cc2)cc1C. The molecule has 0 saturated carbocycles. The summed E-state index contributed by atoms with van der Waals surface area (Å²) in [6, 6.07) is 13.6. The summed E-state index contributed by atoms with van der Waals surface area (Å²) in [4.78, 5) is 0. The minimum Gasteiger partial charge on any atom is -0.496 e. The standard InChI is InChI=1S/C19H25NO/c1-13(2)20-12-16-6-8-17(9-7-16)18-10-15(4)19(21-5)11-14(18)3/h6-11,13,20H,12H2,1-5H3. The number of benzene rings is 2. The molecule has 21 heavy (non-hydrogen) atoms. The van der Waals surface area contributed by atoms with Gasteiger partial charge in [-0.3, -0.25) is 0 Å². The summed E-state index contributed by atoms with van der Waals surface area (Å²) in [6.07, 6.45) is 0. The molecule has 0 bridgehead atoms.